The summed E-state index contributed by atoms with van der Waals surface area (Å²) in [5.41, 5.74) is 2.98. The Morgan fingerprint density at radius 2 is 1.89 bits per heavy atom. The molecule has 1 N–H and O–H groups in total. The molecule has 180 valence electrons. The van der Waals surface area contributed by atoms with Crippen LogP contribution in [-0.4, -0.2) is 54.1 Å². The molecule has 0 radical (unpaired) electrons. The van der Waals surface area contributed by atoms with Gasteiger partial charge in [0.2, 0.25) is 0 Å². The van der Waals surface area contributed by atoms with E-state index in [1.165, 1.54) is 0 Å². The van der Waals surface area contributed by atoms with Gasteiger partial charge < -0.3 is 19.5 Å². The number of nitrogens with one attached hydrogen (secondary N) is 1. The van der Waals surface area contributed by atoms with Crippen molar-refractivity contribution in [3.63, 3.8) is 0 Å². The lowest BCUT2D eigenvalue weighted by Gasteiger charge is -2.35. The Morgan fingerprint density at radius 3 is 2.60 bits per heavy atom. The number of rotatable bonds is 5. The number of halogens is 2. The number of H-pyrrole nitrogens is 1. The highest BCUT2D eigenvalue weighted by Crippen LogP contribution is 2.38. The van der Waals surface area contributed by atoms with E-state index in [1.54, 1.807) is 30.3 Å². The number of aromatic nitrogens is 2. The number of carbonyl (C=O) groups is 1. The van der Waals surface area contributed by atoms with Gasteiger partial charge in [0.15, 0.2) is 0 Å². The first-order valence-corrected chi connectivity index (χ1v) is 12.0. The number of pyridine rings is 1. The molecule has 1 amide bonds. The van der Waals surface area contributed by atoms with E-state index >= 15 is 4.39 Å². The molecule has 5 rings (SSSR count). The van der Waals surface area contributed by atoms with Gasteiger partial charge in [0.1, 0.15) is 23.1 Å². The first kappa shape index (κ1) is 23.2. The monoisotopic (exact) mass is 492 g/mol. The van der Waals surface area contributed by atoms with Gasteiger partial charge in [-0.3, -0.25) is 4.79 Å². The molecule has 0 aliphatic carbocycles. The van der Waals surface area contributed by atoms with Gasteiger partial charge in [-0.25, -0.2) is 9.37 Å². The van der Waals surface area contributed by atoms with Crippen LogP contribution in [0.5, 0.6) is 5.75 Å². The summed E-state index contributed by atoms with van der Waals surface area (Å²) in [5, 5.41) is 1.25. The van der Waals surface area contributed by atoms with Crippen LogP contribution >= 0.6 is 11.6 Å². The SMILES string of the molecule is CCc1cc(-c2ccccc2OC)c2cc(C(=O)N3CCN(c4ncccc4Cl)CC3)[nH]c2c1F. The zero-order chi connectivity index (χ0) is 24.5. The molecule has 3 heterocycles. The van der Waals surface area contributed by atoms with Crippen LogP contribution in [0.4, 0.5) is 10.2 Å². The summed E-state index contributed by atoms with van der Waals surface area (Å²) in [5.74, 6) is 0.939. The van der Waals surface area contributed by atoms with Gasteiger partial charge in [0, 0.05) is 43.3 Å². The summed E-state index contributed by atoms with van der Waals surface area (Å²) in [6, 6.07) is 14.9. The largest absolute Gasteiger partial charge is 0.496 e. The first-order valence-electron chi connectivity index (χ1n) is 11.6. The number of hydrogen-bond acceptors (Lipinski definition) is 4. The van der Waals surface area contributed by atoms with Crippen molar-refractivity contribution in [3.8, 4) is 16.9 Å². The number of fused-ring (bicyclic) bond motifs is 1. The van der Waals surface area contributed by atoms with Gasteiger partial charge in [0.25, 0.3) is 5.91 Å². The smallest absolute Gasteiger partial charge is 0.270 e. The van der Waals surface area contributed by atoms with Crippen LogP contribution in [0.15, 0.2) is 54.7 Å². The third-order valence-corrected chi connectivity index (χ3v) is 6.84. The zero-order valence-corrected chi connectivity index (χ0v) is 20.4. The summed E-state index contributed by atoms with van der Waals surface area (Å²) in [4.78, 5) is 24.7. The molecule has 8 heteroatoms. The van der Waals surface area contributed by atoms with E-state index in [2.05, 4.69) is 14.9 Å². The molecule has 1 fully saturated rings. The van der Waals surface area contributed by atoms with Crippen LogP contribution in [0.3, 0.4) is 0 Å². The Kier molecular flexibility index (Phi) is 6.34. The number of ether oxygens (including phenoxy) is 1. The lowest BCUT2D eigenvalue weighted by Crippen LogP contribution is -2.49. The number of anilines is 1. The van der Waals surface area contributed by atoms with Gasteiger partial charge >= 0.3 is 0 Å². The summed E-state index contributed by atoms with van der Waals surface area (Å²) < 4.78 is 20.9. The lowest BCUT2D eigenvalue weighted by atomic mass is 9.96. The Morgan fingerprint density at radius 1 is 1.11 bits per heavy atom. The highest BCUT2D eigenvalue weighted by Gasteiger charge is 2.26. The van der Waals surface area contributed by atoms with Crippen molar-refractivity contribution in [1.29, 1.82) is 0 Å². The number of hydrogen-bond donors (Lipinski definition) is 1. The summed E-state index contributed by atoms with van der Waals surface area (Å²) in [6.07, 6.45) is 2.24. The zero-order valence-electron chi connectivity index (χ0n) is 19.6. The quantitative estimate of drug-likeness (QED) is 0.396. The van der Waals surface area contributed by atoms with Gasteiger partial charge in [-0.2, -0.15) is 0 Å². The number of aryl methyl sites for hydroxylation is 1. The van der Waals surface area contributed by atoms with Crippen LogP contribution in [0.25, 0.3) is 22.0 Å². The molecule has 2 aromatic heterocycles. The average molecular weight is 493 g/mol. The Balaban J connectivity index is 1.47. The van der Waals surface area contributed by atoms with E-state index in [4.69, 9.17) is 16.3 Å². The van der Waals surface area contributed by atoms with Crippen molar-refractivity contribution >= 4 is 34.2 Å². The number of nitrogens with zero attached hydrogens (tertiary/aromatic N) is 3. The maximum absolute atomic E-state index is 15.3. The lowest BCUT2D eigenvalue weighted by molar-refractivity contribution is 0.0741. The van der Waals surface area contributed by atoms with Crippen LogP contribution in [0, 0.1) is 5.82 Å². The van der Waals surface area contributed by atoms with Gasteiger partial charge in [-0.05, 0) is 47.9 Å². The van der Waals surface area contributed by atoms with Gasteiger partial charge in [-0.1, -0.05) is 36.7 Å². The van der Waals surface area contributed by atoms with Gasteiger partial charge in [-0.15, -0.1) is 0 Å². The Labute approximate surface area is 208 Å². The fourth-order valence-corrected chi connectivity index (χ4v) is 4.92. The fourth-order valence-electron chi connectivity index (χ4n) is 4.68. The summed E-state index contributed by atoms with van der Waals surface area (Å²) in [6.45, 7) is 4.18. The maximum atomic E-state index is 15.3. The number of carbonyl (C=O) groups excluding carboxylic acids is 1. The Bertz CT molecular complexity index is 1400. The molecular formula is C27H26ClFN4O2. The highest BCUT2D eigenvalue weighted by molar-refractivity contribution is 6.32. The van der Waals surface area contributed by atoms with E-state index in [9.17, 15) is 4.79 Å². The van der Waals surface area contributed by atoms with Crippen molar-refractivity contribution in [2.24, 2.45) is 0 Å². The summed E-state index contributed by atoms with van der Waals surface area (Å²) in [7, 11) is 1.62. The number of amides is 1. The molecule has 0 unspecified atom stereocenters. The van der Waals surface area contributed by atoms with Crippen LogP contribution in [0.2, 0.25) is 5.02 Å². The number of para-hydroxylation sites is 1. The molecule has 6 nitrogen and oxygen atoms in total. The van der Waals surface area contributed by atoms with Crippen molar-refractivity contribution in [2.45, 2.75) is 13.3 Å². The molecule has 4 aromatic rings. The van der Waals surface area contributed by atoms with Crippen LogP contribution < -0.4 is 9.64 Å². The van der Waals surface area contributed by atoms with Crippen LogP contribution in [0.1, 0.15) is 23.0 Å². The minimum Gasteiger partial charge on any atom is -0.496 e. The van der Waals surface area contributed by atoms with Crippen molar-refractivity contribution in [2.75, 3.05) is 38.2 Å². The number of methoxy groups -OCH3 is 1. The van der Waals surface area contributed by atoms with E-state index in [0.29, 0.717) is 65.5 Å². The van der Waals surface area contributed by atoms with Crippen molar-refractivity contribution in [1.82, 2.24) is 14.9 Å². The number of benzene rings is 2. The molecule has 1 saturated heterocycles. The van der Waals surface area contributed by atoms with Crippen molar-refractivity contribution in [3.05, 3.63) is 76.8 Å². The molecule has 35 heavy (non-hydrogen) atoms. The minimum absolute atomic E-state index is 0.156. The standard InChI is InChI=1S/C27H26ClFN4O2/c1-3-17-15-19(18-7-4-5-9-23(18)35-2)20-16-22(31-25(20)24(17)29)27(34)33-13-11-32(12-14-33)26-21(28)8-6-10-30-26/h4-10,15-16,31H,3,11-14H2,1-2H3. The molecule has 1 aliphatic heterocycles. The number of aromatic amines is 1. The predicted octanol–water partition coefficient (Wildman–Crippen LogP) is 5.56. The maximum Gasteiger partial charge on any atom is 0.270 e. The molecule has 0 bridgehead atoms. The van der Waals surface area contributed by atoms with E-state index in [0.717, 1.165) is 16.9 Å². The topological polar surface area (TPSA) is 61.5 Å². The van der Waals surface area contributed by atoms with E-state index < -0.39 is 0 Å². The van der Waals surface area contributed by atoms with Gasteiger partial charge in [0.05, 0.1) is 17.6 Å². The third kappa shape index (κ3) is 4.21. The molecule has 0 saturated carbocycles. The second kappa shape index (κ2) is 9.58. The minimum atomic E-state index is -0.324. The predicted molar refractivity (Wildman–Crippen MR) is 137 cm³/mol. The fraction of sp³-hybridized carbons (Fsp3) is 0.259. The van der Waals surface area contributed by atoms with E-state index in [-0.39, 0.29) is 11.7 Å². The highest BCUT2D eigenvalue weighted by atomic mass is 35.5. The summed E-state index contributed by atoms with van der Waals surface area (Å²) >= 11 is 6.29. The first-order chi connectivity index (χ1) is 17.0. The average Bonchev–Trinajstić information content (AvgIpc) is 3.35. The third-order valence-electron chi connectivity index (χ3n) is 6.54. The second-order valence-corrected chi connectivity index (χ2v) is 8.92. The Hall–Kier alpha value is -3.58. The number of piperazine rings is 1. The molecule has 0 atom stereocenters. The van der Waals surface area contributed by atoms with Crippen molar-refractivity contribution < 1.29 is 13.9 Å². The molecule has 2 aromatic carbocycles. The normalized spacial score (nSPS) is 13.9. The second-order valence-electron chi connectivity index (χ2n) is 8.51. The van der Waals surface area contributed by atoms with Crippen LogP contribution in [-0.2, 0) is 6.42 Å². The molecule has 0 spiro atoms. The van der Waals surface area contributed by atoms with E-state index in [1.807, 2.05) is 43.3 Å². The molecular weight excluding hydrogens is 467 g/mol. The molecule has 1 aliphatic rings.